The smallest absolute Gasteiger partial charge is 0.336 e. The maximum Gasteiger partial charge on any atom is 0.336 e. The molecule has 30 heavy (non-hydrogen) atoms. The maximum absolute atomic E-state index is 11.3. The summed E-state index contributed by atoms with van der Waals surface area (Å²) in [5.41, 5.74) is -0.380. The summed E-state index contributed by atoms with van der Waals surface area (Å²) in [7, 11) is 0. The molecular formula is C22H32O8. The van der Waals surface area contributed by atoms with Gasteiger partial charge in [0.05, 0.1) is 17.7 Å². The van der Waals surface area contributed by atoms with Crippen molar-refractivity contribution in [1.29, 1.82) is 0 Å². The summed E-state index contributed by atoms with van der Waals surface area (Å²) in [6.07, 6.45) is 8.66. The van der Waals surface area contributed by atoms with Gasteiger partial charge in [-0.3, -0.25) is 9.59 Å². The van der Waals surface area contributed by atoms with Crippen LogP contribution in [0.3, 0.4) is 0 Å². The Labute approximate surface area is 176 Å². The number of aliphatic carboxylic acids is 1. The van der Waals surface area contributed by atoms with Crippen molar-refractivity contribution in [2.45, 2.75) is 71.1 Å². The minimum atomic E-state index is -1.23. The van der Waals surface area contributed by atoms with Crippen LogP contribution in [-0.2, 0) is 14.3 Å². The van der Waals surface area contributed by atoms with Gasteiger partial charge in [0.1, 0.15) is 0 Å². The normalized spacial score (nSPS) is 9.90. The first kappa shape index (κ1) is 27.1. The molecule has 1 rings (SSSR count). The standard InChI is InChI=1S/C14H26O4.C8H6O4/c1-2-3-4-5-6-9-12-18-14(17)11-8-7-10-13(15)16;9-7(10)5-3-1-2-4-6(5)8(11)12/h2-12H2,1H3,(H,15,16);1-4H,(H,9,10)(H,11,12). The molecule has 0 atom stereocenters. The highest BCUT2D eigenvalue weighted by Gasteiger charge is 2.13. The molecule has 0 aliphatic carbocycles. The van der Waals surface area contributed by atoms with Crippen LogP contribution < -0.4 is 0 Å². The summed E-state index contributed by atoms with van der Waals surface area (Å²) in [6, 6.07) is 5.48. The Bertz CT molecular complexity index is 636. The number of esters is 1. The first-order valence-corrected chi connectivity index (χ1v) is 10.2. The van der Waals surface area contributed by atoms with E-state index in [1.807, 2.05) is 0 Å². The Morgan fingerprint density at radius 1 is 0.733 bits per heavy atom. The molecule has 0 radical (unpaired) electrons. The fourth-order valence-electron chi connectivity index (χ4n) is 2.54. The lowest BCUT2D eigenvalue weighted by molar-refractivity contribution is -0.144. The molecule has 0 fully saturated rings. The van der Waals surface area contributed by atoms with Gasteiger partial charge in [0, 0.05) is 12.8 Å². The average molecular weight is 424 g/mol. The van der Waals surface area contributed by atoms with E-state index >= 15 is 0 Å². The van der Waals surface area contributed by atoms with E-state index in [-0.39, 0.29) is 23.5 Å². The fourth-order valence-corrected chi connectivity index (χ4v) is 2.54. The van der Waals surface area contributed by atoms with Gasteiger partial charge in [-0.1, -0.05) is 51.2 Å². The van der Waals surface area contributed by atoms with Crippen molar-refractivity contribution in [2.75, 3.05) is 6.61 Å². The third kappa shape index (κ3) is 14.1. The van der Waals surface area contributed by atoms with Gasteiger partial charge in [-0.25, -0.2) is 9.59 Å². The molecule has 0 aliphatic rings. The van der Waals surface area contributed by atoms with E-state index < -0.39 is 17.9 Å². The average Bonchev–Trinajstić information content (AvgIpc) is 2.71. The van der Waals surface area contributed by atoms with E-state index in [9.17, 15) is 19.2 Å². The number of hydrogen-bond donors (Lipinski definition) is 3. The lowest BCUT2D eigenvalue weighted by Crippen LogP contribution is -2.06. The van der Waals surface area contributed by atoms with Crippen molar-refractivity contribution in [3.8, 4) is 0 Å². The summed E-state index contributed by atoms with van der Waals surface area (Å²) >= 11 is 0. The van der Waals surface area contributed by atoms with Gasteiger partial charge in [-0.15, -0.1) is 0 Å². The molecule has 0 bridgehead atoms. The van der Waals surface area contributed by atoms with Crippen molar-refractivity contribution in [3.05, 3.63) is 35.4 Å². The Morgan fingerprint density at radius 2 is 1.23 bits per heavy atom. The Balaban J connectivity index is 0.000000604. The molecular weight excluding hydrogens is 392 g/mol. The van der Waals surface area contributed by atoms with Gasteiger partial charge in [0.15, 0.2) is 0 Å². The second-order valence-electron chi connectivity index (χ2n) is 6.74. The van der Waals surface area contributed by atoms with Gasteiger partial charge < -0.3 is 20.1 Å². The van der Waals surface area contributed by atoms with Gasteiger partial charge in [0.2, 0.25) is 0 Å². The van der Waals surface area contributed by atoms with Crippen LogP contribution in [0.4, 0.5) is 0 Å². The third-order valence-corrected chi connectivity index (χ3v) is 4.17. The molecule has 1 aromatic carbocycles. The summed E-state index contributed by atoms with van der Waals surface area (Å²) in [4.78, 5) is 42.4. The first-order valence-electron chi connectivity index (χ1n) is 10.2. The minimum Gasteiger partial charge on any atom is -0.481 e. The zero-order chi connectivity index (χ0) is 22.8. The van der Waals surface area contributed by atoms with Crippen LogP contribution in [0.5, 0.6) is 0 Å². The SMILES string of the molecule is CCCCCCCCOC(=O)CCCCC(=O)O.O=C(O)c1ccccc1C(=O)O. The van der Waals surface area contributed by atoms with Gasteiger partial charge in [0.25, 0.3) is 0 Å². The van der Waals surface area contributed by atoms with E-state index in [4.69, 9.17) is 20.1 Å². The molecule has 0 aliphatic heterocycles. The topological polar surface area (TPSA) is 138 Å². The van der Waals surface area contributed by atoms with Crippen molar-refractivity contribution in [1.82, 2.24) is 0 Å². The predicted molar refractivity (Wildman–Crippen MR) is 111 cm³/mol. The zero-order valence-electron chi connectivity index (χ0n) is 17.5. The molecule has 0 aromatic heterocycles. The van der Waals surface area contributed by atoms with Crippen molar-refractivity contribution in [3.63, 3.8) is 0 Å². The summed E-state index contributed by atoms with van der Waals surface area (Å²) < 4.78 is 5.07. The van der Waals surface area contributed by atoms with Crippen LogP contribution in [0.15, 0.2) is 24.3 Å². The molecule has 0 heterocycles. The molecule has 0 saturated carbocycles. The van der Waals surface area contributed by atoms with E-state index in [2.05, 4.69) is 6.92 Å². The van der Waals surface area contributed by atoms with E-state index in [1.165, 1.54) is 49.9 Å². The summed E-state index contributed by atoms with van der Waals surface area (Å²) in [5.74, 6) is -3.47. The van der Waals surface area contributed by atoms with E-state index in [1.54, 1.807) is 0 Å². The van der Waals surface area contributed by atoms with Crippen molar-refractivity contribution >= 4 is 23.9 Å². The molecule has 0 spiro atoms. The molecule has 8 nitrogen and oxygen atoms in total. The third-order valence-electron chi connectivity index (χ3n) is 4.17. The molecule has 0 amide bonds. The number of hydrogen-bond acceptors (Lipinski definition) is 5. The highest BCUT2D eigenvalue weighted by molar-refractivity contribution is 6.01. The van der Waals surface area contributed by atoms with Gasteiger partial charge in [-0.2, -0.15) is 0 Å². The van der Waals surface area contributed by atoms with Crippen LogP contribution in [-0.4, -0.2) is 45.8 Å². The number of rotatable bonds is 14. The van der Waals surface area contributed by atoms with Crippen LogP contribution in [0.1, 0.15) is 91.8 Å². The molecule has 3 N–H and O–H groups in total. The second-order valence-corrected chi connectivity index (χ2v) is 6.74. The highest BCUT2D eigenvalue weighted by Crippen LogP contribution is 2.08. The number of unbranched alkanes of at least 4 members (excludes halogenated alkanes) is 6. The maximum atomic E-state index is 11.3. The quantitative estimate of drug-likeness (QED) is 0.290. The van der Waals surface area contributed by atoms with Crippen LogP contribution >= 0.6 is 0 Å². The molecule has 8 heteroatoms. The molecule has 168 valence electrons. The molecule has 0 unspecified atom stereocenters. The van der Waals surface area contributed by atoms with Gasteiger partial charge >= 0.3 is 23.9 Å². The molecule has 0 saturated heterocycles. The van der Waals surface area contributed by atoms with Crippen LogP contribution in [0, 0.1) is 0 Å². The van der Waals surface area contributed by atoms with Crippen LogP contribution in [0.2, 0.25) is 0 Å². The number of aromatic carboxylic acids is 2. The second kappa shape index (κ2) is 17.0. The number of carbonyl (C=O) groups excluding carboxylic acids is 1. The Morgan fingerprint density at radius 3 is 1.73 bits per heavy atom. The number of carboxylic acid groups (broad SMARTS) is 3. The zero-order valence-corrected chi connectivity index (χ0v) is 17.5. The summed E-state index contributed by atoms with van der Waals surface area (Å²) in [5, 5.41) is 25.5. The first-order chi connectivity index (χ1) is 14.3. The predicted octanol–water partition coefficient (Wildman–Crippen LogP) is 4.62. The minimum absolute atomic E-state index is 0.130. The van der Waals surface area contributed by atoms with Gasteiger partial charge in [-0.05, 0) is 31.4 Å². The number of benzene rings is 1. The Kier molecular flexibility index (Phi) is 15.4. The lowest BCUT2D eigenvalue weighted by Gasteiger charge is -2.04. The number of ether oxygens (including phenoxy) is 1. The summed E-state index contributed by atoms with van der Waals surface area (Å²) in [6.45, 7) is 2.69. The van der Waals surface area contributed by atoms with E-state index in [0.29, 0.717) is 25.9 Å². The van der Waals surface area contributed by atoms with E-state index in [0.717, 1.165) is 12.8 Å². The monoisotopic (exact) mass is 424 g/mol. The number of carbonyl (C=O) groups is 4. The molecule has 1 aromatic rings. The fraction of sp³-hybridized carbons (Fsp3) is 0.545. The Hall–Kier alpha value is -2.90. The van der Waals surface area contributed by atoms with Crippen molar-refractivity contribution < 1.29 is 39.2 Å². The van der Waals surface area contributed by atoms with Crippen molar-refractivity contribution in [2.24, 2.45) is 0 Å². The number of carboxylic acids is 3. The largest absolute Gasteiger partial charge is 0.481 e. The lowest BCUT2D eigenvalue weighted by atomic mass is 10.1. The highest BCUT2D eigenvalue weighted by atomic mass is 16.5. The van der Waals surface area contributed by atoms with Crippen LogP contribution in [0.25, 0.3) is 0 Å².